The maximum absolute atomic E-state index is 4.22. The van der Waals surface area contributed by atoms with Crippen molar-refractivity contribution < 1.29 is 0 Å². The molecule has 5 aliphatic rings. The van der Waals surface area contributed by atoms with Gasteiger partial charge in [-0.3, -0.25) is 0 Å². The first-order valence-corrected chi connectivity index (χ1v) is 21.4. The predicted octanol–water partition coefficient (Wildman–Crippen LogP) is 15.3. The fourth-order valence-corrected chi connectivity index (χ4v) is 11.4. The third-order valence-electron chi connectivity index (χ3n) is 14.0. The van der Waals surface area contributed by atoms with Crippen LogP contribution in [-0.2, 0) is 5.41 Å². The SMILES string of the molecule is C=C/C=C1\C(=C/C)c2ccc(-c3ccc(N(c4ccc(-c5ccccc5)cc4)C4C=C5C(=CC4)C(C=C)=C(C=C)C5(C)C)cc3)cc2C12c1ccccc1C1=CC=CCC12. The molecule has 5 aromatic carbocycles. The zero-order valence-electron chi connectivity index (χ0n) is 35.0. The lowest BCUT2D eigenvalue weighted by Crippen LogP contribution is -2.32. The van der Waals surface area contributed by atoms with Crippen LogP contribution in [0.1, 0.15) is 55.9 Å². The van der Waals surface area contributed by atoms with Gasteiger partial charge in [0.05, 0.1) is 11.5 Å². The summed E-state index contributed by atoms with van der Waals surface area (Å²) in [5.41, 5.74) is 21.5. The van der Waals surface area contributed by atoms with Crippen molar-refractivity contribution in [3.05, 3.63) is 252 Å². The average Bonchev–Trinajstić information content (AvgIpc) is 3.84. The summed E-state index contributed by atoms with van der Waals surface area (Å²) < 4.78 is 0. The van der Waals surface area contributed by atoms with Gasteiger partial charge < -0.3 is 4.90 Å². The number of hydrogen-bond acceptors (Lipinski definition) is 1. The molecule has 0 aromatic heterocycles. The van der Waals surface area contributed by atoms with Gasteiger partial charge in [-0.2, -0.15) is 0 Å². The van der Waals surface area contributed by atoms with Crippen LogP contribution >= 0.6 is 0 Å². The van der Waals surface area contributed by atoms with E-state index >= 15 is 0 Å². The fourth-order valence-electron chi connectivity index (χ4n) is 11.4. The van der Waals surface area contributed by atoms with Gasteiger partial charge in [0.25, 0.3) is 0 Å². The Morgan fingerprint density at radius 1 is 0.683 bits per heavy atom. The topological polar surface area (TPSA) is 3.24 Å². The summed E-state index contributed by atoms with van der Waals surface area (Å²) in [7, 11) is 0. The van der Waals surface area contributed by atoms with Crippen LogP contribution in [-0.4, -0.2) is 6.04 Å². The zero-order chi connectivity index (χ0) is 41.2. The monoisotopic (exact) mass is 773 g/mol. The quantitative estimate of drug-likeness (QED) is 0.152. The molecule has 5 aliphatic carbocycles. The summed E-state index contributed by atoms with van der Waals surface area (Å²) in [6.45, 7) is 19.4. The maximum Gasteiger partial charge on any atom is 0.0563 e. The third-order valence-corrected chi connectivity index (χ3v) is 14.0. The first-order valence-electron chi connectivity index (χ1n) is 21.4. The van der Waals surface area contributed by atoms with Gasteiger partial charge in [0, 0.05) is 22.7 Å². The molecule has 0 bridgehead atoms. The number of anilines is 2. The molecular formula is C59H51N. The van der Waals surface area contributed by atoms with Crippen LogP contribution in [0.5, 0.6) is 0 Å². The third kappa shape index (κ3) is 5.45. The minimum Gasteiger partial charge on any atom is -0.334 e. The van der Waals surface area contributed by atoms with Gasteiger partial charge in [-0.1, -0.05) is 185 Å². The Balaban J connectivity index is 1.07. The minimum absolute atomic E-state index is 0.120. The molecule has 0 aliphatic heterocycles. The van der Waals surface area contributed by atoms with Crippen LogP contribution in [0.15, 0.2) is 230 Å². The molecule has 60 heavy (non-hydrogen) atoms. The Morgan fingerprint density at radius 2 is 1.35 bits per heavy atom. The highest BCUT2D eigenvalue weighted by Gasteiger charge is 2.57. The number of fused-ring (bicyclic) bond motifs is 8. The molecule has 10 rings (SSSR count). The maximum atomic E-state index is 4.22. The van der Waals surface area contributed by atoms with E-state index in [-0.39, 0.29) is 16.9 Å². The molecule has 0 fully saturated rings. The van der Waals surface area contributed by atoms with E-state index in [9.17, 15) is 0 Å². The van der Waals surface area contributed by atoms with Gasteiger partial charge in [0.2, 0.25) is 0 Å². The van der Waals surface area contributed by atoms with Gasteiger partial charge in [-0.25, -0.2) is 0 Å². The standard InChI is InChI=1S/C59H51N/c1-7-18-53-47(9-3)51-35-29-42(37-57(51)59(53)54-23-16-14-21-48(54)49-22-15-17-24-55(49)59)41-27-32-44(33-28-41)60(43-30-25-40(26-31-43)39-19-12-11-13-20-39)45-34-36-50-46(8-2)52(10-4)58(5,6)56(50)38-45/h7-23,25-33,35-38,45,55H,1-2,4,24,34H2,3,5-6H3/b47-9-,53-18+. The van der Waals surface area contributed by atoms with Crippen LogP contribution in [0, 0.1) is 11.3 Å². The number of rotatable bonds is 8. The van der Waals surface area contributed by atoms with E-state index in [0.717, 1.165) is 12.8 Å². The van der Waals surface area contributed by atoms with E-state index < -0.39 is 0 Å². The molecule has 0 saturated carbocycles. The van der Waals surface area contributed by atoms with Crippen molar-refractivity contribution in [1.29, 1.82) is 0 Å². The molecule has 0 N–H and O–H groups in total. The van der Waals surface area contributed by atoms with Crippen LogP contribution < -0.4 is 4.90 Å². The fraction of sp³-hybridized carbons (Fsp3) is 0.153. The molecule has 3 atom stereocenters. The summed E-state index contributed by atoms with van der Waals surface area (Å²) in [5.74, 6) is 0.311. The normalized spacial score (nSPS) is 23.1. The van der Waals surface area contributed by atoms with Crippen molar-refractivity contribution in [3.8, 4) is 22.3 Å². The molecule has 0 saturated heterocycles. The van der Waals surface area contributed by atoms with Crippen molar-refractivity contribution >= 4 is 22.5 Å². The summed E-state index contributed by atoms with van der Waals surface area (Å²) >= 11 is 0. The highest BCUT2D eigenvalue weighted by Crippen LogP contribution is 2.66. The first-order chi connectivity index (χ1) is 29.3. The predicted molar refractivity (Wildman–Crippen MR) is 256 cm³/mol. The summed E-state index contributed by atoms with van der Waals surface area (Å²) in [4.78, 5) is 2.52. The van der Waals surface area contributed by atoms with Gasteiger partial charge in [0.15, 0.2) is 0 Å². The second kappa shape index (κ2) is 14.5. The molecule has 1 heteroatoms. The van der Waals surface area contributed by atoms with Crippen LogP contribution in [0.4, 0.5) is 11.4 Å². The Kier molecular flexibility index (Phi) is 9.10. The van der Waals surface area contributed by atoms with E-state index in [0.29, 0.717) is 5.92 Å². The lowest BCUT2D eigenvalue weighted by Gasteiger charge is -2.36. The largest absolute Gasteiger partial charge is 0.334 e. The van der Waals surface area contributed by atoms with Crippen molar-refractivity contribution in [3.63, 3.8) is 0 Å². The summed E-state index contributed by atoms with van der Waals surface area (Å²) in [6, 6.07) is 45.4. The Hall–Kier alpha value is -6.70. The lowest BCUT2D eigenvalue weighted by molar-refractivity contribution is 0.495. The molecule has 1 spiro atoms. The molecular weight excluding hydrogens is 723 g/mol. The van der Waals surface area contributed by atoms with Crippen molar-refractivity contribution in [2.45, 2.75) is 45.1 Å². The van der Waals surface area contributed by atoms with E-state index in [1.807, 2.05) is 18.2 Å². The highest BCUT2D eigenvalue weighted by atomic mass is 15.2. The van der Waals surface area contributed by atoms with Crippen LogP contribution in [0.3, 0.4) is 0 Å². The number of benzene rings is 5. The second-order valence-electron chi connectivity index (χ2n) is 17.2. The van der Waals surface area contributed by atoms with Crippen molar-refractivity contribution in [1.82, 2.24) is 0 Å². The number of allylic oxidation sites excluding steroid dienone is 15. The summed E-state index contributed by atoms with van der Waals surface area (Å²) in [5, 5.41) is 0. The minimum atomic E-state index is -0.294. The van der Waals surface area contributed by atoms with E-state index in [1.54, 1.807) is 0 Å². The van der Waals surface area contributed by atoms with Crippen LogP contribution in [0.2, 0.25) is 0 Å². The summed E-state index contributed by atoms with van der Waals surface area (Å²) in [6.07, 6.45) is 24.3. The van der Waals surface area contributed by atoms with Gasteiger partial charge in [-0.15, -0.1) is 0 Å². The smallest absolute Gasteiger partial charge is 0.0563 e. The van der Waals surface area contributed by atoms with Crippen LogP contribution in [0.25, 0.3) is 33.4 Å². The Morgan fingerprint density at radius 3 is 2.03 bits per heavy atom. The number of nitrogens with zero attached hydrogens (tertiary/aromatic N) is 1. The first kappa shape index (κ1) is 37.6. The van der Waals surface area contributed by atoms with E-state index in [4.69, 9.17) is 0 Å². The molecule has 1 nitrogen and oxygen atoms in total. The van der Waals surface area contributed by atoms with Gasteiger partial charge in [-0.05, 0) is 134 Å². The molecule has 0 amide bonds. The molecule has 3 unspecified atom stereocenters. The van der Waals surface area contributed by atoms with E-state index in [2.05, 4.69) is 209 Å². The van der Waals surface area contributed by atoms with Crippen molar-refractivity contribution in [2.75, 3.05) is 4.90 Å². The Labute approximate surface area is 356 Å². The highest BCUT2D eigenvalue weighted by molar-refractivity contribution is 5.98. The van der Waals surface area contributed by atoms with Gasteiger partial charge in [0.1, 0.15) is 0 Å². The van der Waals surface area contributed by atoms with Gasteiger partial charge >= 0.3 is 0 Å². The molecule has 0 heterocycles. The van der Waals surface area contributed by atoms with E-state index in [1.165, 1.54) is 94.9 Å². The zero-order valence-corrected chi connectivity index (χ0v) is 35.0. The average molecular weight is 774 g/mol. The lowest BCUT2D eigenvalue weighted by atomic mass is 9.65. The molecule has 292 valence electrons. The molecule has 0 radical (unpaired) electrons. The number of hydrogen-bond donors (Lipinski definition) is 0. The Bertz CT molecular complexity index is 2820. The second-order valence-corrected chi connectivity index (χ2v) is 17.2. The van der Waals surface area contributed by atoms with Crippen molar-refractivity contribution in [2.24, 2.45) is 11.3 Å². The molecule has 5 aromatic rings.